The topological polar surface area (TPSA) is 86.5 Å². The maximum Gasteiger partial charge on any atom is 0.265 e. The van der Waals surface area contributed by atoms with E-state index in [0.717, 1.165) is 6.26 Å². The minimum Gasteiger partial charge on any atom is -0.367 e. The molecule has 0 saturated heterocycles. The third-order valence-electron chi connectivity index (χ3n) is 2.11. The highest BCUT2D eigenvalue weighted by Gasteiger charge is 2.38. The van der Waals surface area contributed by atoms with Gasteiger partial charge in [0.15, 0.2) is 5.60 Å². The molecule has 0 radical (unpaired) electrons. The third-order valence-corrected chi connectivity index (χ3v) is 2.75. The van der Waals surface area contributed by atoms with Gasteiger partial charge in [-0.05, 0) is 12.5 Å². The summed E-state index contributed by atoms with van der Waals surface area (Å²) in [4.78, 5) is 11.3. The Balaban J connectivity index is 3.23. The first-order valence-corrected chi connectivity index (χ1v) is 6.33. The van der Waals surface area contributed by atoms with Crippen LogP contribution < -0.4 is 5.73 Å². The Kier molecular flexibility index (Phi) is 3.35. The van der Waals surface area contributed by atoms with Gasteiger partial charge in [-0.25, -0.2) is 4.18 Å². The lowest BCUT2D eigenvalue weighted by Crippen LogP contribution is -2.42. The fourth-order valence-electron chi connectivity index (χ4n) is 1.29. The van der Waals surface area contributed by atoms with Crippen LogP contribution in [0.3, 0.4) is 0 Å². The van der Waals surface area contributed by atoms with Crippen LogP contribution in [0.25, 0.3) is 0 Å². The molecule has 1 unspecified atom stereocenters. The van der Waals surface area contributed by atoms with E-state index in [2.05, 4.69) is 0 Å². The minimum absolute atomic E-state index is 0.396. The minimum atomic E-state index is -3.78. The van der Waals surface area contributed by atoms with Gasteiger partial charge in [-0.1, -0.05) is 30.3 Å². The van der Waals surface area contributed by atoms with Crippen molar-refractivity contribution in [2.75, 3.05) is 6.26 Å². The molecule has 1 aromatic rings. The van der Waals surface area contributed by atoms with Crippen LogP contribution in [0.4, 0.5) is 0 Å². The van der Waals surface area contributed by atoms with Gasteiger partial charge in [0.25, 0.3) is 16.0 Å². The van der Waals surface area contributed by atoms with Gasteiger partial charge in [0.2, 0.25) is 0 Å². The van der Waals surface area contributed by atoms with E-state index in [1.54, 1.807) is 30.3 Å². The zero-order chi connectivity index (χ0) is 12.4. The van der Waals surface area contributed by atoms with Gasteiger partial charge in [0.1, 0.15) is 0 Å². The molecule has 88 valence electrons. The third kappa shape index (κ3) is 2.80. The summed E-state index contributed by atoms with van der Waals surface area (Å²) in [5.41, 5.74) is 3.91. The highest BCUT2D eigenvalue weighted by molar-refractivity contribution is 7.86. The molecule has 5 nitrogen and oxygen atoms in total. The smallest absolute Gasteiger partial charge is 0.265 e. The van der Waals surface area contributed by atoms with E-state index in [-0.39, 0.29) is 0 Å². The van der Waals surface area contributed by atoms with Crippen molar-refractivity contribution >= 4 is 16.0 Å². The normalized spacial score (nSPS) is 15.4. The van der Waals surface area contributed by atoms with E-state index in [0.29, 0.717) is 5.56 Å². The standard InChI is InChI=1S/C10H13NO4S/c1-10(9(11)12,15-16(2,13)14)8-6-4-3-5-7-8/h3-7H,1-2H3,(H2,11,12). The summed E-state index contributed by atoms with van der Waals surface area (Å²) in [7, 11) is -3.78. The first-order chi connectivity index (χ1) is 7.26. The lowest BCUT2D eigenvalue weighted by atomic mass is 9.96. The summed E-state index contributed by atoms with van der Waals surface area (Å²) in [6.07, 6.45) is 0.872. The molecule has 0 bridgehead atoms. The van der Waals surface area contributed by atoms with E-state index in [4.69, 9.17) is 9.92 Å². The summed E-state index contributed by atoms with van der Waals surface area (Å²) in [5, 5.41) is 0. The average molecular weight is 243 g/mol. The van der Waals surface area contributed by atoms with E-state index < -0.39 is 21.6 Å². The second-order valence-corrected chi connectivity index (χ2v) is 5.13. The van der Waals surface area contributed by atoms with Crippen LogP contribution in [0.1, 0.15) is 12.5 Å². The molecule has 1 rings (SSSR count). The number of carbonyl (C=O) groups excluding carboxylic acids is 1. The number of benzene rings is 1. The Morgan fingerprint density at radius 3 is 2.19 bits per heavy atom. The lowest BCUT2D eigenvalue weighted by molar-refractivity contribution is -0.132. The van der Waals surface area contributed by atoms with Crippen molar-refractivity contribution in [3.05, 3.63) is 35.9 Å². The number of amides is 1. The van der Waals surface area contributed by atoms with Crippen molar-refractivity contribution in [3.63, 3.8) is 0 Å². The Labute approximate surface area is 94.3 Å². The Morgan fingerprint density at radius 1 is 1.31 bits per heavy atom. The molecule has 1 amide bonds. The van der Waals surface area contributed by atoms with Crippen molar-refractivity contribution in [2.24, 2.45) is 5.73 Å². The summed E-state index contributed by atoms with van der Waals surface area (Å²) < 4.78 is 27.0. The molecule has 16 heavy (non-hydrogen) atoms. The Morgan fingerprint density at radius 2 is 1.81 bits per heavy atom. The van der Waals surface area contributed by atoms with Gasteiger partial charge >= 0.3 is 0 Å². The second kappa shape index (κ2) is 4.23. The first-order valence-electron chi connectivity index (χ1n) is 4.52. The van der Waals surface area contributed by atoms with Gasteiger partial charge in [0, 0.05) is 0 Å². The van der Waals surface area contributed by atoms with Gasteiger partial charge in [-0.2, -0.15) is 8.42 Å². The van der Waals surface area contributed by atoms with E-state index in [1.807, 2.05) is 0 Å². The summed E-state index contributed by atoms with van der Waals surface area (Å²) in [6.45, 7) is 1.33. The zero-order valence-electron chi connectivity index (χ0n) is 9.01. The van der Waals surface area contributed by atoms with E-state index >= 15 is 0 Å². The zero-order valence-corrected chi connectivity index (χ0v) is 9.82. The Hall–Kier alpha value is -1.40. The fraction of sp³-hybridized carbons (Fsp3) is 0.300. The molecule has 0 aromatic heterocycles. The molecule has 0 aliphatic carbocycles. The molecular weight excluding hydrogens is 230 g/mol. The molecular formula is C10H13NO4S. The highest BCUT2D eigenvalue weighted by atomic mass is 32.2. The predicted molar refractivity (Wildman–Crippen MR) is 58.9 cm³/mol. The maximum atomic E-state index is 11.3. The molecule has 1 aromatic carbocycles. The number of carbonyl (C=O) groups is 1. The highest BCUT2D eigenvalue weighted by Crippen LogP contribution is 2.26. The summed E-state index contributed by atoms with van der Waals surface area (Å²) in [6, 6.07) is 8.24. The predicted octanol–water partition coefficient (Wildman–Crippen LogP) is 0.363. The fourth-order valence-corrected chi connectivity index (χ4v) is 2.07. The molecule has 0 fully saturated rings. The van der Waals surface area contributed by atoms with Crippen molar-refractivity contribution in [1.29, 1.82) is 0 Å². The molecule has 1 atom stereocenters. The van der Waals surface area contributed by atoms with Crippen LogP contribution >= 0.6 is 0 Å². The van der Waals surface area contributed by atoms with Crippen molar-refractivity contribution in [3.8, 4) is 0 Å². The molecule has 0 heterocycles. The van der Waals surface area contributed by atoms with Crippen LogP contribution in [-0.4, -0.2) is 20.6 Å². The largest absolute Gasteiger partial charge is 0.367 e. The second-order valence-electron chi connectivity index (χ2n) is 3.55. The number of hydrogen-bond donors (Lipinski definition) is 1. The number of hydrogen-bond acceptors (Lipinski definition) is 4. The first kappa shape index (κ1) is 12.7. The molecule has 0 spiro atoms. The van der Waals surface area contributed by atoms with E-state index in [1.165, 1.54) is 6.92 Å². The number of primary amides is 1. The van der Waals surface area contributed by atoms with Gasteiger partial charge < -0.3 is 5.73 Å². The quantitative estimate of drug-likeness (QED) is 0.774. The van der Waals surface area contributed by atoms with Crippen molar-refractivity contribution in [1.82, 2.24) is 0 Å². The maximum absolute atomic E-state index is 11.3. The van der Waals surface area contributed by atoms with E-state index in [9.17, 15) is 13.2 Å². The van der Waals surface area contributed by atoms with Crippen LogP contribution in [-0.2, 0) is 24.7 Å². The Bertz CT molecular complexity index is 483. The SMILES string of the molecule is CC(OS(C)(=O)=O)(C(N)=O)c1ccccc1. The number of nitrogens with two attached hydrogens (primary N) is 1. The van der Waals surface area contributed by atoms with Gasteiger partial charge in [0.05, 0.1) is 6.26 Å². The average Bonchev–Trinajstić information content (AvgIpc) is 2.16. The van der Waals surface area contributed by atoms with Crippen molar-refractivity contribution in [2.45, 2.75) is 12.5 Å². The van der Waals surface area contributed by atoms with Crippen LogP contribution in [0.15, 0.2) is 30.3 Å². The van der Waals surface area contributed by atoms with Gasteiger partial charge in [-0.3, -0.25) is 4.79 Å². The molecule has 2 N–H and O–H groups in total. The summed E-state index contributed by atoms with van der Waals surface area (Å²) in [5.74, 6) is -0.857. The van der Waals surface area contributed by atoms with Gasteiger partial charge in [-0.15, -0.1) is 0 Å². The van der Waals surface area contributed by atoms with Crippen LogP contribution in [0.2, 0.25) is 0 Å². The molecule has 0 aliphatic heterocycles. The van der Waals surface area contributed by atoms with Crippen LogP contribution in [0, 0.1) is 0 Å². The number of rotatable bonds is 4. The van der Waals surface area contributed by atoms with Crippen LogP contribution in [0.5, 0.6) is 0 Å². The lowest BCUT2D eigenvalue weighted by Gasteiger charge is -2.25. The molecule has 6 heteroatoms. The monoisotopic (exact) mass is 243 g/mol. The summed E-state index contributed by atoms with van der Waals surface area (Å²) >= 11 is 0. The van der Waals surface area contributed by atoms with Crippen molar-refractivity contribution < 1.29 is 17.4 Å². The molecule has 0 saturated carbocycles. The molecule has 0 aliphatic rings.